The second-order valence-corrected chi connectivity index (χ2v) is 6.41. The number of carbonyl (C=O) groups is 1. The number of fused-ring (bicyclic) bond motifs is 1. The van der Waals surface area contributed by atoms with Crippen LogP contribution in [0.3, 0.4) is 0 Å². The number of hydrogen-bond acceptors (Lipinski definition) is 3. The number of hydrogen-bond donors (Lipinski definition) is 2. The molecule has 2 N–H and O–H groups in total. The number of amides is 1. The third-order valence-corrected chi connectivity index (χ3v) is 4.89. The Hall–Kier alpha value is -1.88. The van der Waals surface area contributed by atoms with E-state index in [2.05, 4.69) is 16.4 Å². The molecule has 4 rings (SSSR count). The first-order valence-electron chi connectivity index (χ1n) is 8.28. The number of carbonyl (C=O) groups excluding carboxylic acids is 1. The van der Waals surface area contributed by atoms with Crippen LogP contribution in [0.1, 0.15) is 37.4 Å². The predicted octanol–water partition coefficient (Wildman–Crippen LogP) is 2.02. The molecule has 116 valence electrons. The third-order valence-electron chi connectivity index (χ3n) is 4.89. The number of para-hydroxylation sites is 2. The van der Waals surface area contributed by atoms with Crippen molar-refractivity contribution in [3.8, 4) is 0 Å². The van der Waals surface area contributed by atoms with Gasteiger partial charge in [0, 0.05) is 19.0 Å². The first-order valence-corrected chi connectivity index (χ1v) is 8.28. The van der Waals surface area contributed by atoms with Crippen LogP contribution in [0.5, 0.6) is 0 Å². The van der Waals surface area contributed by atoms with Crippen LogP contribution in [0, 0.1) is 0 Å². The van der Waals surface area contributed by atoms with E-state index in [1.54, 1.807) is 0 Å². The highest BCUT2D eigenvalue weighted by atomic mass is 16.2. The van der Waals surface area contributed by atoms with Crippen LogP contribution in [-0.2, 0) is 4.79 Å². The van der Waals surface area contributed by atoms with Crippen molar-refractivity contribution < 1.29 is 4.79 Å². The molecule has 1 aromatic carbocycles. The minimum Gasteiger partial charge on any atom is -0.342 e. The number of nitrogens with one attached hydrogen (secondary N) is 2. The van der Waals surface area contributed by atoms with Gasteiger partial charge in [-0.15, -0.1) is 0 Å². The second kappa shape index (κ2) is 5.72. The van der Waals surface area contributed by atoms with E-state index in [0.29, 0.717) is 5.92 Å². The highest BCUT2D eigenvalue weighted by Crippen LogP contribution is 2.27. The smallest absolute Gasteiger partial charge is 0.239 e. The van der Waals surface area contributed by atoms with E-state index in [1.165, 1.54) is 0 Å². The Bertz CT molecular complexity index is 641. The molecule has 2 aromatic rings. The van der Waals surface area contributed by atoms with Gasteiger partial charge < -0.3 is 15.2 Å². The van der Waals surface area contributed by atoms with Crippen LogP contribution in [0.15, 0.2) is 24.3 Å². The molecule has 1 aromatic heterocycles. The maximum absolute atomic E-state index is 12.6. The zero-order chi connectivity index (χ0) is 14.9. The molecule has 2 aliphatic rings. The monoisotopic (exact) mass is 298 g/mol. The Labute approximate surface area is 130 Å². The van der Waals surface area contributed by atoms with Crippen molar-refractivity contribution in [2.75, 3.05) is 19.6 Å². The number of H-pyrrole nitrogens is 1. The van der Waals surface area contributed by atoms with E-state index in [9.17, 15) is 4.79 Å². The number of imidazole rings is 1. The summed E-state index contributed by atoms with van der Waals surface area (Å²) in [6.07, 6.45) is 4.24. The van der Waals surface area contributed by atoms with Gasteiger partial charge in [0.05, 0.1) is 17.1 Å². The van der Waals surface area contributed by atoms with Crippen molar-refractivity contribution in [3.05, 3.63) is 30.1 Å². The molecule has 2 fully saturated rings. The first kappa shape index (κ1) is 13.8. The normalized spacial score (nSPS) is 25.7. The minimum atomic E-state index is 0.0365. The minimum absolute atomic E-state index is 0.0365. The molecule has 2 atom stereocenters. The zero-order valence-corrected chi connectivity index (χ0v) is 12.7. The molecule has 0 saturated carbocycles. The molecule has 2 unspecified atom stereocenters. The summed E-state index contributed by atoms with van der Waals surface area (Å²) >= 11 is 0. The van der Waals surface area contributed by atoms with E-state index < -0.39 is 0 Å². The van der Waals surface area contributed by atoms with Crippen molar-refractivity contribution in [1.82, 2.24) is 20.2 Å². The number of aromatic amines is 1. The van der Waals surface area contributed by atoms with E-state index in [0.717, 1.165) is 62.2 Å². The Kier molecular flexibility index (Phi) is 3.58. The molecular weight excluding hydrogens is 276 g/mol. The number of likely N-dealkylation sites (tertiary alicyclic amines) is 1. The lowest BCUT2D eigenvalue weighted by Crippen LogP contribution is -2.47. The largest absolute Gasteiger partial charge is 0.342 e. The number of rotatable bonds is 2. The maximum atomic E-state index is 12.6. The summed E-state index contributed by atoms with van der Waals surface area (Å²) in [7, 11) is 0. The zero-order valence-electron chi connectivity index (χ0n) is 12.7. The van der Waals surface area contributed by atoms with Crippen molar-refractivity contribution in [2.24, 2.45) is 0 Å². The number of nitrogens with zero attached hydrogens (tertiary/aromatic N) is 2. The first-order chi connectivity index (χ1) is 10.8. The van der Waals surface area contributed by atoms with Crippen molar-refractivity contribution in [2.45, 2.75) is 37.6 Å². The van der Waals surface area contributed by atoms with Gasteiger partial charge in [-0.25, -0.2) is 4.98 Å². The fourth-order valence-electron chi connectivity index (χ4n) is 3.68. The van der Waals surface area contributed by atoms with E-state index in [4.69, 9.17) is 4.98 Å². The average Bonchev–Trinajstić information content (AvgIpc) is 3.23. The Morgan fingerprint density at radius 2 is 2.14 bits per heavy atom. The lowest BCUT2D eigenvalue weighted by atomic mass is 9.96. The van der Waals surface area contributed by atoms with Gasteiger partial charge in [0.25, 0.3) is 0 Å². The van der Waals surface area contributed by atoms with Gasteiger partial charge in [0.2, 0.25) is 5.91 Å². The van der Waals surface area contributed by atoms with Crippen LogP contribution in [0.4, 0.5) is 0 Å². The highest BCUT2D eigenvalue weighted by Gasteiger charge is 2.31. The van der Waals surface area contributed by atoms with Gasteiger partial charge in [0.1, 0.15) is 5.82 Å². The molecule has 1 amide bonds. The lowest BCUT2D eigenvalue weighted by molar-refractivity contribution is -0.134. The van der Waals surface area contributed by atoms with E-state index >= 15 is 0 Å². The van der Waals surface area contributed by atoms with Gasteiger partial charge in [-0.05, 0) is 44.4 Å². The SMILES string of the molecule is O=C(C1CCCN1)N1CCCC(c2nc3ccccc3[nH]2)C1. The van der Waals surface area contributed by atoms with Crippen LogP contribution in [-0.4, -0.2) is 46.5 Å². The summed E-state index contributed by atoms with van der Waals surface area (Å²) in [6.45, 7) is 2.64. The third kappa shape index (κ3) is 2.50. The Balaban J connectivity index is 1.51. The van der Waals surface area contributed by atoms with Gasteiger partial charge >= 0.3 is 0 Å². The molecule has 2 saturated heterocycles. The van der Waals surface area contributed by atoms with E-state index in [-0.39, 0.29) is 11.9 Å². The fraction of sp³-hybridized carbons (Fsp3) is 0.529. The topological polar surface area (TPSA) is 61.0 Å². The van der Waals surface area contributed by atoms with Crippen molar-refractivity contribution in [3.63, 3.8) is 0 Å². The summed E-state index contributed by atoms with van der Waals surface area (Å²) in [6, 6.07) is 8.15. The van der Waals surface area contributed by atoms with Gasteiger partial charge in [-0.3, -0.25) is 4.79 Å². The molecule has 2 aliphatic heterocycles. The number of piperidine rings is 1. The molecule has 0 bridgehead atoms. The number of aromatic nitrogens is 2. The Morgan fingerprint density at radius 3 is 2.95 bits per heavy atom. The molecule has 5 nitrogen and oxygen atoms in total. The van der Waals surface area contributed by atoms with Crippen molar-refractivity contribution in [1.29, 1.82) is 0 Å². The molecule has 0 aliphatic carbocycles. The second-order valence-electron chi connectivity index (χ2n) is 6.41. The quantitative estimate of drug-likeness (QED) is 0.891. The molecule has 0 radical (unpaired) electrons. The van der Waals surface area contributed by atoms with Gasteiger partial charge in [-0.1, -0.05) is 12.1 Å². The lowest BCUT2D eigenvalue weighted by Gasteiger charge is -2.33. The van der Waals surface area contributed by atoms with Crippen LogP contribution in [0.2, 0.25) is 0 Å². The molecule has 3 heterocycles. The molecule has 0 spiro atoms. The maximum Gasteiger partial charge on any atom is 0.239 e. The molecule has 5 heteroatoms. The predicted molar refractivity (Wildman–Crippen MR) is 85.7 cm³/mol. The number of benzene rings is 1. The Morgan fingerprint density at radius 1 is 1.23 bits per heavy atom. The average molecular weight is 298 g/mol. The molecule has 22 heavy (non-hydrogen) atoms. The summed E-state index contributed by atoms with van der Waals surface area (Å²) in [5.41, 5.74) is 2.09. The summed E-state index contributed by atoms with van der Waals surface area (Å²) in [5, 5.41) is 3.32. The van der Waals surface area contributed by atoms with Gasteiger partial charge in [-0.2, -0.15) is 0 Å². The van der Waals surface area contributed by atoms with Crippen LogP contribution >= 0.6 is 0 Å². The highest BCUT2D eigenvalue weighted by molar-refractivity contribution is 5.82. The van der Waals surface area contributed by atoms with Crippen molar-refractivity contribution >= 4 is 16.9 Å². The summed E-state index contributed by atoms with van der Waals surface area (Å²) in [4.78, 5) is 22.8. The standard InChI is InChI=1S/C17H22N4O/c22-17(15-8-3-9-18-15)21-10-4-5-12(11-21)16-19-13-6-1-2-7-14(13)20-16/h1-2,6-7,12,15,18H,3-5,8-11H2,(H,19,20). The van der Waals surface area contributed by atoms with Crippen LogP contribution in [0.25, 0.3) is 11.0 Å². The molecular formula is C17H22N4O. The van der Waals surface area contributed by atoms with E-state index in [1.807, 2.05) is 23.1 Å². The fourth-order valence-corrected chi connectivity index (χ4v) is 3.68. The summed E-state index contributed by atoms with van der Waals surface area (Å²) < 4.78 is 0. The summed E-state index contributed by atoms with van der Waals surface area (Å²) in [5.74, 6) is 1.63. The van der Waals surface area contributed by atoms with Gasteiger partial charge in [0.15, 0.2) is 0 Å². The van der Waals surface area contributed by atoms with Crippen LogP contribution < -0.4 is 5.32 Å².